The van der Waals surface area contributed by atoms with E-state index in [1.807, 2.05) is 27.7 Å². The number of hydrogen-bond donors (Lipinski definition) is 2. The lowest BCUT2D eigenvalue weighted by Gasteiger charge is -2.60. The Kier molecular flexibility index (Phi) is 11.8. The summed E-state index contributed by atoms with van der Waals surface area (Å²) in [6.45, 7) is 26.0. The molecule has 282 valence electrons. The van der Waals surface area contributed by atoms with Gasteiger partial charge in [0.25, 0.3) is 0 Å². The minimum Gasteiger partial charge on any atom is -0.388 e. The normalized spacial score (nSPS) is 47.2. The molecular weight excluding hydrogens is 614 g/mol. The number of aliphatic hydroxyl groups is 2. The molecule has 8 aliphatic rings. The first-order valence-electron chi connectivity index (χ1n) is 20.3. The van der Waals surface area contributed by atoms with Gasteiger partial charge in [-0.15, -0.1) is 12.8 Å². The van der Waals surface area contributed by atoms with Crippen molar-refractivity contribution in [1.29, 1.82) is 0 Å². The molecule has 8 fully saturated rings. The quantitative estimate of drug-likeness (QED) is 0.294. The summed E-state index contributed by atoms with van der Waals surface area (Å²) in [5.74, 6) is 3.59. The second kappa shape index (κ2) is 14.6. The van der Waals surface area contributed by atoms with E-state index in [-0.39, 0.29) is 30.0 Å². The third-order valence-electron chi connectivity index (χ3n) is 15.8. The van der Waals surface area contributed by atoms with Gasteiger partial charge in [0.2, 0.25) is 0 Å². The highest BCUT2D eigenvalue weighted by atomic mass is 16.7. The lowest BCUT2D eigenvalue weighted by Crippen LogP contribution is -2.58. The first kappa shape index (κ1) is 39.5. The first-order chi connectivity index (χ1) is 23.3. The maximum absolute atomic E-state index is 10.9. The van der Waals surface area contributed by atoms with Crippen LogP contribution in [0.5, 0.6) is 0 Å². The highest BCUT2D eigenvalue weighted by molar-refractivity contribution is 5.32. The molecule has 5 saturated carbocycles. The predicted molar refractivity (Wildman–Crippen MR) is 196 cm³/mol. The molecule has 8 rings (SSSR count). The number of aliphatic hydroxyl groups excluding tert-OH is 1. The van der Waals surface area contributed by atoms with Crippen LogP contribution in [-0.2, 0) is 18.9 Å². The summed E-state index contributed by atoms with van der Waals surface area (Å²) in [7, 11) is 0. The second-order valence-corrected chi connectivity index (χ2v) is 17.9. The van der Waals surface area contributed by atoms with E-state index >= 15 is 0 Å². The Morgan fingerprint density at radius 1 is 0.878 bits per heavy atom. The summed E-state index contributed by atoms with van der Waals surface area (Å²) in [6.07, 6.45) is 18.3. The van der Waals surface area contributed by atoms with Crippen molar-refractivity contribution in [2.45, 2.75) is 169 Å². The number of rotatable bonds is 5. The van der Waals surface area contributed by atoms with Gasteiger partial charge in [-0.2, -0.15) is 0 Å². The van der Waals surface area contributed by atoms with Gasteiger partial charge in [-0.05, 0) is 123 Å². The molecule has 3 aliphatic heterocycles. The van der Waals surface area contributed by atoms with Gasteiger partial charge in [0, 0.05) is 6.54 Å². The van der Waals surface area contributed by atoms with Crippen molar-refractivity contribution < 1.29 is 29.2 Å². The molecule has 49 heavy (non-hydrogen) atoms. The number of ether oxygens (including phenoxy) is 4. The van der Waals surface area contributed by atoms with E-state index in [9.17, 15) is 10.2 Å². The van der Waals surface area contributed by atoms with E-state index in [4.69, 9.17) is 18.9 Å². The molecule has 0 bridgehead atoms. The number of nitrogens with zero attached hydrogens (tertiary/aromatic N) is 1. The highest BCUT2D eigenvalue weighted by Crippen LogP contribution is 2.89. The van der Waals surface area contributed by atoms with Crippen LogP contribution >= 0.6 is 0 Å². The van der Waals surface area contributed by atoms with Crippen LogP contribution in [0.4, 0.5) is 0 Å². The molecular formula is C42H73NO6. The van der Waals surface area contributed by atoms with Crippen molar-refractivity contribution in [3.63, 3.8) is 0 Å². The molecule has 3 saturated heterocycles. The molecule has 0 radical (unpaired) electrons. The SMILES string of the molecule is C#C.CC.CC.C[C@@H]1C23CC[C@H](OC4CN(C5COC5)CCO4)C(C)(C)C2CC[C@H]2C4C[C@H]5O[C@@H]([C@H](O)C(C)(C)O)CC[C@@H]5[C@@]4(C)CC[C@]123. The van der Waals surface area contributed by atoms with Crippen LogP contribution in [-0.4, -0.2) is 90.4 Å². The van der Waals surface area contributed by atoms with Crippen molar-refractivity contribution in [3.8, 4) is 12.8 Å². The van der Waals surface area contributed by atoms with Gasteiger partial charge in [-0.1, -0.05) is 55.4 Å². The topological polar surface area (TPSA) is 80.6 Å². The van der Waals surface area contributed by atoms with Crippen LogP contribution < -0.4 is 0 Å². The van der Waals surface area contributed by atoms with E-state index in [1.54, 1.807) is 13.8 Å². The molecule has 0 aromatic rings. The fraction of sp³-hybridized carbons (Fsp3) is 0.952. The Morgan fingerprint density at radius 2 is 1.55 bits per heavy atom. The van der Waals surface area contributed by atoms with Crippen molar-refractivity contribution in [2.24, 2.45) is 51.2 Å². The molecule has 13 atom stereocenters. The zero-order chi connectivity index (χ0) is 36.2. The molecule has 0 aromatic carbocycles. The van der Waals surface area contributed by atoms with Gasteiger partial charge in [0.1, 0.15) is 6.10 Å². The zero-order valence-corrected chi connectivity index (χ0v) is 32.9. The van der Waals surface area contributed by atoms with Gasteiger partial charge in [-0.3, -0.25) is 4.90 Å². The van der Waals surface area contributed by atoms with E-state index in [2.05, 4.69) is 45.4 Å². The maximum atomic E-state index is 10.9. The Balaban J connectivity index is 0.000000742. The summed E-state index contributed by atoms with van der Waals surface area (Å²) in [5.41, 5.74) is 0.281. The third-order valence-corrected chi connectivity index (χ3v) is 15.8. The molecule has 4 unspecified atom stereocenters. The molecule has 2 spiro atoms. The van der Waals surface area contributed by atoms with E-state index in [0.29, 0.717) is 40.0 Å². The zero-order valence-electron chi connectivity index (χ0n) is 32.9. The fourth-order valence-electron chi connectivity index (χ4n) is 13.6. The molecule has 2 N–H and O–H groups in total. The average Bonchev–Trinajstić information content (AvgIpc) is 3.45. The molecule has 5 aliphatic carbocycles. The summed E-state index contributed by atoms with van der Waals surface area (Å²) >= 11 is 0. The molecule has 0 aromatic heterocycles. The number of hydrogen-bond acceptors (Lipinski definition) is 7. The monoisotopic (exact) mass is 688 g/mol. The maximum Gasteiger partial charge on any atom is 0.170 e. The minimum atomic E-state index is -1.13. The Morgan fingerprint density at radius 3 is 2.18 bits per heavy atom. The van der Waals surface area contributed by atoms with Gasteiger partial charge in [0.05, 0.1) is 56.3 Å². The van der Waals surface area contributed by atoms with Crippen LogP contribution in [0.25, 0.3) is 0 Å². The molecule has 7 nitrogen and oxygen atoms in total. The van der Waals surface area contributed by atoms with E-state index < -0.39 is 11.7 Å². The van der Waals surface area contributed by atoms with Gasteiger partial charge in [0.15, 0.2) is 6.29 Å². The van der Waals surface area contributed by atoms with Crippen molar-refractivity contribution in [2.75, 3.05) is 32.9 Å². The standard InChI is InChI=1S/C36H59NO6.2C2H6.C2H2/c1-21-35-14-13-34(6)24-7-9-26(31(38)33(4,5)39)42-27(24)17-25(34)23(35)8-10-28-32(2,3)29(11-12-36(21,28)35)43-30-18-37(15-16-41-30)22-19-40-20-22;3*1-2/h21-31,38-39H,7-20H2,1-6H3;2*1-2H3;1-2H/t21-,23-,24-,25?,26+,27+,28?,29-,30?,31-,34+,35-,36?;;;/m0.../s1. The van der Waals surface area contributed by atoms with E-state index in [0.717, 1.165) is 70.4 Å². The third kappa shape index (κ3) is 5.98. The van der Waals surface area contributed by atoms with Crippen LogP contribution in [0.3, 0.4) is 0 Å². The Labute approximate surface area is 299 Å². The largest absolute Gasteiger partial charge is 0.388 e. The van der Waals surface area contributed by atoms with Crippen LogP contribution in [0, 0.1) is 64.1 Å². The van der Waals surface area contributed by atoms with Crippen LogP contribution in [0.15, 0.2) is 0 Å². The van der Waals surface area contributed by atoms with Crippen molar-refractivity contribution in [1.82, 2.24) is 4.90 Å². The lowest BCUT2D eigenvalue weighted by atomic mass is 9.46. The predicted octanol–water partition coefficient (Wildman–Crippen LogP) is 7.31. The van der Waals surface area contributed by atoms with Gasteiger partial charge >= 0.3 is 0 Å². The highest BCUT2D eigenvalue weighted by Gasteiger charge is 2.84. The number of terminal acetylenes is 1. The van der Waals surface area contributed by atoms with Crippen LogP contribution in [0.1, 0.15) is 127 Å². The minimum absolute atomic E-state index is 0.120. The smallest absolute Gasteiger partial charge is 0.170 e. The van der Waals surface area contributed by atoms with Crippen molar-refractivity contribution >= 4 is 0 Å². The summed E-state index contributed by atoms with van der Waals surface area (Å²) in [5, 5.41) is 21.4. The Hall–Kier alpha value is -0.720. The molecule has 0 amide bonds. The summed E-state index contributed by atoms with van der Waals surface area (Å²) in [4.78, 5) is 2.52. The van der Waals surface area contributed by atoms with E-state index in [1.165, 1.54) is 32.1 Å². The number of morpholine rings is 1. The lowest BCUT2D eigenvalue weighted by molar-refractivity contribution is -0.253. The van der Waals surface area contributed by atoms with Gasteiger partial charge < -0.3 is 29.2 Å². The second-order valence-electron chi connectivity index (χ2n) is 17.9. The molecule has 7 heteroatoms. The molecule has 3 heterocycles. The number of fused-ring (bicyclic) bond motifs is 4. The van der Waals surface area contributed by atoms with Gasteiger partial charge in [-0.25, -0.2) is 0 Å². The average molecular weight is 688 g/mol. The van der Waals surface area contributed by atoms with Crippen LogP contribution in [0.2, 0.25) is 0 Å². The first-order valence-corrected chi connectivity index (χ1v) is 20.3. The van der Waals surface area contributed by atoms with Crippen molar-refractivity contribution in [3.05, 3.63) is 0 Å². The Bertz CT molecular complexity index is 1130. The summed E-state index contributed by atoms with van der Waals surface area (Å²) < 4.78 is 25.3. The fourth-order valence-corrected chi connectivity index (χ4v) is 13.6. The summed E-state index contributed by atoms with van der Waals surface area (Å²) in [6, 6.07) is 0.541.